The summed E-state index contributed by atoms with van der Waals surface area (Å²) < 4.78 is 1.79. The van der Waals surface area contributed by atoms with Crippen molar-refractivity contribution in [3.8, 4) is 0 Å². The average molecular weight is 261 g/mol. The van der Waals surface area contributed by atoms with Crippen molar-refractivity contribution in [2.24, 2.45) is 7.05 Å². The predicted molar refractivity (Wildman–Crippen MR) is 73.6 cm³/mol. The number of hydrogen-bond donors (Lipinski definition) is 2. The van der Waals surface area contributed by atoms with E-state index in [-0.39, 0.29) is 5.91 Å². The lowest BCUT2D eigenvalue weighted by atomic mass is 10.2. The van der Waals surface area contributed by atoms with Gasteiger partial charge in [0.05, 0.1) is 5.69 Å². The molecule has 6 nitrogen and oxygen atoms in total. The zero-order chi connectivity index (χ0) is 13.8. The summed E-state index contributed by atoms with van der Waals surface area (Å²) in [6, 6.07) is 2.11. The van der Waals surface area contributed by atoms with Gasteiger partial charge in [-0.25, -0.2) is 4.98 Å². The summed E-state index contributed by atoms with van der Waals surface area (Å²) >= 11 is 0. The van der Waals surface area contributed by atoms with E-state index in [1.165, 1.54) is 6.92 Å². The van der Waals surface area contributed by atoms with E-state index in [2.05, 4.69) is 26.8 Å². The molecule has 0 bridgehead atoms. The van der Waals surface area contributed by atoms with Crippen LogP contribution in [0.15, 0.2) is 12.3 Å². The second-order valence-electron chi connectivity index (χ2n) is 4.58. The number of carbonyl (C=O) groups is 1. The number of amides is 1. The maximum absolute atomic E-state index is 10.7. The summed E-state index contributed by atoms with van der Waals surface area (Å²) in [6.07, 6.45) is 1.86. The Bertz CT molecular complexity index is 590. The standard InChI is InChI=1S/C13H19N5O/c1-9-12-6-11(7-14-4-5-15-10(2)19)8-16-13(12)18(3)17-9/h6,8,14H,4-5,7H2,1-3H3,(H,15,19). The molecule has 0 saturated heterocycles. The fourth-order valence-electron chi connectivity index (χ4n) is 2.01. The third-order valence-corrected chi connectivity index (χ3v) is 2.92. The molecule has 0 atom stereocenters. The zero-order valence-electron chi connectivity index (χ0n) is 11.5. The number of fused-ring (bicyclic) bond motifs is 1. The van der Waals surface area contributed by atoms with Crippen molar-refractivity contribution in [2.45, 2.75) is 20.4 Å². The number of pyridine rings is 1. The van der Waals surface area contributed by atoms with E-state index in [1.807, 2.05) is 20.2 Å². The van der Waals surface area contributed by atoms with E-state index in [1.54, 1.807) is 4.68 Å². The van der Waals surface area contributed by atoms with Crippen LogP contribution >= 0.6 is 0 Å². The monoisotopic (exact) mass is 261 g/mol. The van der Waals surface area contributed by atoms with Crippen LogP contribution in [0.1, 0.15) is 18.2 Å². The van der Waals surface area contributed by atoms with Gasteiger partial charge in [0.1, 0.15) is 0 Å². The molecule has 0 spiro atoms. The van der Waals surface area contributed by atoms with Crippen LogP contribution in [0.4, 0.5) is 0 Å². The Morgan fingerprint density at radius 1 is 1.42 bits per heavy atom. The van der Waals surface area contributed by atoms with Crippen LogP contribution in [-0.2, 0) is 18.4 Å². The lowest BCUT2D eigenvalue weighted by Crippen LogP contribution is -2.29. The van der Waals surface area contributed by atoms with E-state index in [4.69, 9.17) is 0 Å². The van der Waals surface area contributed by atoms with Gasteiger partial charge in [-0.2, -0.15) is 5.10 Å². The Labute approximate surface area is 112 Å². The Balaban J connectivity index is 1.94. The van der Waals surface area contributed by atoms with Gasteiger partial charge >= 0.3 is 0 Å². The highest BCUT2D eigenvalue weighted by atomic mass is 16.1. The summed E-state index contributed by atoms with van der Waals surface area (Å²) in [4.78, 5) is 15.1. The summed E-state index contributed by atoms with van der Waals surface area (Å²) in [7, 11) is 1.90. The average Bonchev–Trinajstić information content (AvgIpc) is 2.64. The molecule has 0 aliphatic rings. The van der Waals surface area contributed by atoms with Gasteiger partial charge in [0.25, 0.3) is 0 Å². The molecule has 2 heterocycles. The number of aromatic nitrogens is 3. The van der Waals surface area contributed by atoms with Crippen LogP contribution in [0, 0.1) is 6.92 Å². The first kappa shape index (κ1) is 13.5. The van der Waals surface area contributed by atoms with E-state index in [9.17, 15) is 4.79 Å². The number of hydrogen-bond acceptors (Lipinski definition) is 4. The molecule has 19 heavy (non-hydrogen) atoms. The van der Waals surface area contributed by atoms with Crippen molar-refractivity contribution in [3.63, 3.8) is 0 Å². The van der Waals surface area contributed by atoms with E-state index >= 15 is 0 Å². The third kappa shape index (κ3) is 3.29. The van der Waals surface area contributed by atoms with E-state index < -0.39 is 0 Å². The quantitative estimate of drug-likeness (QED) is 0.769. The second-order valence-corrected chi connectivity index (χ2v) is 4.58. The van der Waals surface area contributed by atoms with Gasteiger partial charge in [-0.15, -0.1) is 0 Å². The molecule has 0 unspecified atom stereocenters. The Hall–Kier alpha value is -1.95. The Kier molecular flexibility index (Phi) is 4.11. The summed E-state index contributed by atoms with van der Waals surface area (Å²) in [5, 5.41) is 11.4. The van der Waals surface area contributed by atoms with Crippen molar-refractivity contribution >= 4 is 16.9 Å². The van der Waals surface area contributed by atoms with Gasteiger partial charge in [0.15, 0.2) is 5.65 Å². The van der Waals surface area contributed by atoms with Gasteiger partial charge < -0.3 is 10.6 Å². The van der Waals surface area contributed by atoms with Gasteiger partial charge in [-0.3, -0.25) is 9.48 Å². The van der Waals surface area contributed by atoms with Crippen molar-refractivity contribution in [2.75, 3.05) is 13.1 Å². The fraction of sp³-hybridized carbons (Fsp3) is 0.462. The van der Waals surface area contributed by atoms with Crippen LogP contribution in [0.2, 0.25) is 0 Å². The summed E-state index contributed by atoms with van der Waals surface area (Å²) in [5.41, 5.74) is 3.01. The van der Waals surface area contributed by atoms with Gasteiger partial charge in [-0.1, -0.05) is 0 Å². The first-order chi connectivity index (χ1) is 9.08. The maximum atomic E-state index is 10.7. The number of nitrogens with one attached hydrogen (secondary N) is 2. The van der Waals surface area contributed by atoms with Crippen molar-refractivity contribution in [1.82, 2.24) is 25.4 Å². The van der Waals surface area contributed by atoms with Crippen LogP contribution < -0.4 is 10.6 Å². The minimum absolute atomic E-state index is 0.00382. The molecule has 0 fully saturated rings. The van der Waals surface area contributed by atoms with Crippen molar-refractivity contribution in [1.29, 1.82) is 0 Å². The molecule has 2 aromatic rings. The van der Waals surface area contributed by atoms with Crippen molar-refractivity contribution < 1.29 is 4.79 Å². The molecule has 0 radical (unpaired) electrons. The second kappa shape index (κ2) is 5.79. The van der Waals surface area contributed by atoms with Crippen LogP contribution in [0.25, 0.3) is 11.0 Å². The molecule has 2 rings (SSSR count). The summed E-state index contributed by atoms with van der Waals surface area (Å²) in [5.74, 6) is -0.00382. The number of nitrogens with zero attached hydrogens (tertiary/aromatic N) is 3. The maximum Gasteiger partial charge on any atom is 0.216 e. The van der Waals surface area contributed by atoms with Crippen LogP contribution in [-0.4, -0.2) is 33.8 Å². The molecule has 2 N–H and O–H groups in total. The molecule has 0 aromatic carbocycles. The zero-order valence-corrected chi connectivity index (χ0v) is 11.5. The molecule has 102 valence electrons. The molecule has 0 aliphatic heterocycles. The highest BCUT2D eigenvalue weighted by molar-refractivity contribution is 5.78. The third-order valence-electron chi connectivity index (χ3n) is 2.92. The largest absolute Gasteiger partial charge is 0.355 e. The Morgan fingerprint density at radius 3 is 2.95 bits per heavy atom. The minimum atomic E-state index is -0.00382. The predicted octanol–water partition coefficient (Wildman–Crippen LogP) is 0.502. The Morgan fingerprint density at radius 2 is 2.21 bits per heavy atom. The number of rotatable bonds is 5. The van der Waals surface area contributed by atoms with Gasteiger partial charge in [-0.05, 0) is 18.6 Å². The molecular weight excluding hydrogens is 242 g/mol. The SMILES string of the molecule is CC(=O)NCCNCc1cnc2c(c1)c(C)nn2C. The first-order valence-electron chi connectivity index (χ1n) is 6.31. The lowest BCUT2D eigenvalue weighted by molar-refractivity contribution is -0.118. The lowest BCUT2D eigenvalue weighted by Gasteiger charge is -2.05. The minimum Gasteiger partial charge on any atom is -0.355 e. The van der Waals surface area contributed by atoms with E-state index in [0.717, 1.165) is 35.4 Å². The van der Waals surface area contributed by atoms with Crippen LogP contribution in [0.5, 0.6) is 0 Å². The molecule has 1 amide bonds. The molecule has 6 heteroatoms. The molecule has 2 aromatic heterocycles. The topological polar surface area (TPSA) is 71.8 Å². The molecule has 0 saturated carbocycles. The molecular formula is C13H19N5O. The normalized spacial score (nSPS) is 10.9. The fourth-order valence-corrected chi connectivity index (χ4v) is 2.01. The van der Waals surface area contributed by atoms with Crippen LogP contribution in [0.3, 0.4) is 0 Å². The van der Waals surface area contributed by atoms with E-state index in [0.29, 0.717) is 6.54 Å². The van der Waals surface area contributed by atoms with Gasteiger partial charge in [0.2, 0.25) is 5.91 Å². The van der Waals surface area contributed by atoms with Crippen molar-refractivity contribution in [3.05, 3.63) is 23.5 Å². The van der Waals surface area contributed by atoms with Gasteiger partial charge in [0, 0.05) is 45.2 Å². The smallest absolute Gasteiger partial charge is 0.216 e. The first-order valence-corrected chi connectivity index (χ1v) is 6.31. The highest BCUT2D eigenvalue weighted by Crippen LogP contribution is 2.16. The number of carbonyl (C=O) groups excluding carboxylic acids is 1. The summed E-state index contributed by atoms with van der Waals surface area (Å²) in [6.45, 7) is 5.61. The highest BCUT2D eigenvalue weighted by Gasteiger charge is 2.06. The molecule has 0 aliphatic carbocycles. The number of aryl methyl sites for hydroxylation is 2.